The van der Waals surface area contributed by atoms with Crippen molar-refractivity contribution in [1.82, 2.24) is 10.2 Å². The fraction of sp³-hybridized carbons (Fsp3) is 0.235. The van der Waals surface area contributed by atoms with Crippen molar-refractivity contribution < 1.29 is 22.9 Å². The van der Waals surface area contributed by atoms with E-state index in [1.54, 1.807) is 26.2 Å². The molecule has 2 aromatic carbocycles. The minimum absolute atomic E-state index is 0.00180. The largest absolute Gasteiger partial charge is 0.491 e. The van der Waals surface area contributed by atoms with Gasteiger partial charge in [0.1, 0.15) is 0 Å². The number of benzene rings is 2. The fourth-order valence-corrected chi connectivity index (χ4v) is 4.09. The molecular weight excluding hydrogens is 383 g/mol. The topological polar surface area (TPSA) is 134 Å². The molecule has 1 heterocycles. The van der Waals surface area contributed by atoms with E-state index in [-0.39, 0.29) is 24.1 Å². The highest BCUT2D eigenvalue weighted by molar-refractivity contribution is 7.92. The predicted molar refractivity (Wildman–Crippen MR) is 106 cm³/mol. The summed E-state index contributed by atoms with van der Waals surface area (Å²) in [5, 5.41) is 12.4. The van der Waals surface area contributed by atoms with Crippen molar-refractivity contribution in [1.29, 1.82) is 0 Å². The van der Waals surface area contributed by atoms with E-state index < -0.39 is 17.1 Å². The van der Waals surface area contributed by atoms with E-state index in [4.69, 9.17) is 10.4 Å². The Morgan fingerprint density at radius 2 is 2.04 bits per heavy atom. The summed E-state index contributed by atoms with van der Waals surface area (Å²) in [6, 6.07) is 8.85. The molecule has 148 valence electrons. The molecule has 0 saturated heterocycles. The molecule has 0 radical (unpaired) electrons. The summed E-state index contributed by atoms with van der Waals surface area (Å²) < 4.78 is 33.5. The summed E-state index contributed by atoms with van der Waals surface area (Å²) in [6.45, 7) is 0.270. The molecule has 2 amide bonds. The Labute approximate surface area is 163 Å². The van der Waals surface area contributed by atoms with Crippen LogP contribution in [0.5, 0.6) is 0 Å². The van der Waals surface area contributed by atoms with E-state index in [0.29, 0.717) is 22.4 Å². The molecule has 0 aromatic heterocycles. The van der Waals surface area contributed by atoms with Crippen LogP contribution in [0.2, 0.25) is 0 Å². The summed E-state index contributed by atoms with van der Waals surface area (Å²) >= 11 is 0. The average Bonchev–Trinajstić information content (AvgIpc) is 2.99. The van der Waals surface area contributed by atoms with Crippen molar-refractivity contribution in [2.75, 3.05) is 24.6 Å². The maximum Gasteiger partial charge on any atom is 0.491 e. The molecule has 3 rings (SSSR count). The molecule has 11 heteroatoms. The van der Waals surface area contributed by atoms with Crippen LogP contribution in [-0.4, -0.2) is 45.6 Å². The Morgan fingerprint density at radius 3 is 2.75 bits per heavy atom. The standard InChI is InChI=1S/C17H21BN4O5S/c1-22(2)17(23)20-9-12-7-13(19)4-6-16(12)28(25,26)21-14-5-3-11-10-27-18(24)15(11)8-14/h3-8,21,24H,9-10,19H2,1-2H3,(H,20,23). The van der Waals surface area contributed by atoms with E-state index in [1.165, 1.54) is 29.2 Å². The highest BCUT2D eigenvalue weighted by atomic mass is 32.2. The van der Waals surface area contributed by atoms with Gasteiger partial charge < -0.3 is 25.6 Å². The number of nitrogens with zero attached hydrogens (tertiary/aromatic N) is 1. The lowest BCUT2D eigenvalue weighted by Gasteiger charge is -2.16. The lowest BCUT2D eigenvalue weighted by atomic mass is 9.79. The number of nitrogens with two attached hydrogens (primary N) is 1. The Balaban J connectivity index is 1.87. The van der Waals surface area contributed by atoms with Crippen LogP contribution in [0.3, 0.4) is 0 Å². The van der Waals surface area contributed by atoms with Crippen LogP contribution < -0.4 is 21.2 Å². The van der Waals surface area contributed by atoms with Crippen molar-refractivity contribution in [3.8, 4) is 0 Å². The number of hydrogen-bond donors (Lipinski definition) is 4. The first kappa shape index (κ1) is 20.0. The van der Waals surface area contributed by atoms with Crippen molar-refractivity contribution in [2.45, 2.75) is 18.0 Å². The summed E-state index contributed by atoms with van der Waals surface area (Å²) in [6.07, 6.45) is 0. The minimum Gasteiger partial charge on any atom is -0.423 e. The summed E-state index contributed by atoms with van der Waals surface area (Å²) in [5.41, 5.74) is 8.14. The number of anilines is 2. The highest BCUT2D eigenvalue weighted by Crippen LogP contribution is 2.23. The van der Waals surface area contributed by atoms with E-state index in [0.717, 1.165) is 5.56 Å². The molecule has 0 spiro atoms. The van der Waals surface area contributed by atoms with Gasteiger partial charge in [0.2, 0.25) is 0 Å². The maximum absolute atomic E-state index is 12.9. The van der Waals surface area contributed by atoms with Gasteiger partial charge in [-0.15, -0.1) is 0 Å². The maximum atomic E-state index is 12.9. The number of rotatable bonds is 5. The molecule has 0 unspecified atom stereocenters. The van der Waals surface area contributed by atoms with Gasteiger partial charge in [0.05, 0.1) is 11.5 Å². The third kappa shape index (κ3) is 4.21. The van der Waals surface area contributed by atoms with Crippen LogP contribution in [0.4, 0.5) is 16.2 Å². The SMILES string of the molecule is CN(C)C(=O)NCc1cc(N)ccc1S(=O)(=O)Nc1ccc2c(c1)B(O)OC2. The van der Waals surface area contributed by atoms with E-state index >= 15 is 0 Å². The van der Waals surface area contributed by atoms with Crippen molar-refractivity contribution in [2.24, 2.45) is 0 Å². The monoisotopic (exact) mass is 404 g/mol. The lowest BCUT2D eigenvalue weighted by molar-refractivity contribution is 0.217. The number of fused-ring (bicyclic) bond motifs is 1. The van der Waals surface area contributed by atoms with E-state index in [9.17, 15) is 18.2 Å². The summed E-state index contributed by atoms with van der Waals surface area (Å²) in [7, 11) is -1.87. The third-order valence-electron chi connectivity index (χ3n) is 4.27. The first-order valence-corrected chi connectivity index (χ1v) is 9.94. The van der Waals surface area contributed by atoms with Gasteiger partial charge in [-0.1, -0.05) is 6.07 Å². The number of sulfonamides is 1. The molecule has 1 aliphatic heterocycles. The number of nitrogen functional groups attached to an aromatic ring is 1. The number of carbonyl (C=O) groups excluding carboxylic acids is 1. The molecule has 5 N–H and O–H groups in total. The first-order chi connectivity index (χ1) is 13.2. The normalized spacial score (nSPS) is 13.2. The van der Waals surface area contributed by atoms with Crippen LogP contribution in [0.25, 0.3) is 0 Å². The minimum atomic E-state index is -3.96. The molecule has 0 fully saturated rings. The zero-order chi connectivity index (χ0) is 20.5. The van der Waals surface area contributed by atoms with Gasteiger partial charge in [-0.2, -0.15) is 0 Å². The van der Waals surface area contributed by atoms with Gasteiger partial charge in [0.15, 0.2) is 0 Å². The van der Waals surface area contributed by atoms with Crippen molar-refractivity contribution in [3.05, 3.63) is 47.5 Å². The predicted octanol–water partition coefficient (Wildman–Crippen LogP) is 0.0585. The quantitative estimate of drug-likeness (QED) is 0.411. The third-order valence-corrected chi connectivity index (χ3v) is 5.75. The summed E-state index contributed by atoms with van der Waals surface area (Å²) in [5.74, 6) is 0. The molecule has 2 aromatic rings. The molecule has 0 bridgehead atoms. The van der Waals surface area contributed by atoms with E-state index in [1.807, 2.05) is 0 Å². The Kier molecular flexibility index (Phi) is 5.50. The zero-order valence-electron chi connectivity index (χ0n) is 15.5. The molecular formula is C17H21BN4O5S. The number of amides is 2. The molecule has 9 nitrogen and oxygen atoms in total. The highest BCUT2D eigenvalue weighted by Gasteiger charge is 2.28. The average molecular weight is 404 g/mol. The Morgan fingerprint density at radius 1 is 1.29 bits per heavy atom. The van der Waals surface area contributed by atoms with Crippen molar-refractivity contribution >= 4 is 40.0 Å². The van der Waals surface area contributed by atoms with Gasteiger partial charge in [-0.3, -0.25) is 4.72 Å². The van der Waals surface area contributed by atoms with E-state index in [2.05, 4.69) is 10.0 Å². The second-order valence-electron chi connectivity index (χ2n) is 6.60. The Hall–Kier alpha value is -2.76. The van der Waals surface area contributed by atoms with Crippen LogP contribution in [0.15, 0.2) is 41.3 Å². The molecule has 28 heavy (non-hydrogen) atoms. The number of nitrogens with one attached hydrogen (secondary N) is 2. The molecule has 0 aliphatic carbocycles. The van der Waals surface area contributed by atoms with Gasteiger partial charge >= 0.3 is 13.1 Å². The summed E-state index contributed by atoms with van der Waals surface area (Å²) in [4.78, 5) is 13.1. The molecule has 1 aliphatic rings. The molecule has 0 saturated carbocycles. The number of hydrogen-bond acceptors (Lipinski definition) is 6. The smallest absolute Gasteiger partial charge is 0.423 e. The zero-order valence-corrected chi connectivity index (χ0v) is 16.3. The van der Waals surface area contributed by atoms with Crippen LogP contribution in [-0.2, 0) is 27.8 Å². The van der Waals surface area contributed by atoms with Gasteiger partial charge in [0, 0.05) is 32.0 Å². The van der Waals surface area contributed by atoms with Crippen LogP contribution >= 0.6 is 0 Å². The number of carbonyl (C=O) groups is 1. The van der Waals surface area contributed by atoms with Crippen LogP contribution in [0.1, 0.15) is 11.1 Å². The number of urea groups is 1. The van der Waals surface area contributed by atoms with Gasteiger partial charge in [-0.25, -0.2) is 13.2 Å². The van der Waals surface area contributed by atoms with Gasteiger partial charge in [-0.05, 0) is 46.9 Å². The Bertz CT molecular complexity index is 1010. The second kappa shape index (κ2) is 7.70. The van der Waals surface area contributed by atoms with Crippen LogP contribution in [0, 0.1) is 0 Å². The molecule has 0 atom stereocenters. The first-order valence-electron chi connectivity index (χ1n) is 8.46. The lowest BCUT2D eigenvalue weighted by Crippen LogP contribution is -2.34. The van der Waals surface area contributed by atoms with Crippen molar-refractivity contribution in [3.63, 3.8) is 0 Å². The van der Waals surface area contributed by atoms with Gasteiger partial charge in [0.25, 0.3) is 10.0 Å². The fourth-order valence-electron chi connectivity index (χ4n) is 2.82. The second-order valence-corrected chi connectivity index (χ2v) is 8.25.